The quantitative estimate of drug-likeness (QED) is 0.829. The zero-order valence-electron chi connectivity index (χ0n) is 12.1. The molecule has 4 heteroatoms. The van der Waals surface area contributed by atoms with Crippen LogP contribution in [-0.2, 0) is 9.84 Å². The van der Waals surface area contributed by atoms with Crippen LogP contribution in [0.3, 0.4) is 0 Å². The Bertz CT molecular complexity index is 652. The van der Waals surface area contributed by atoms with E-state index >= 15 is 0 Å². The minimum atomic E-state index is -3.17. The molecule has 4 rings (SSSR count). The normalized spacial score (nSPS) is 37.9. The minimum Gasteiger partial charge on any atom is -0.224 e. The van der Waals surface area contributed by atoms with Crippen LogP contribution in [0.2, 0.25) is 5.02 Å². The predicted octanol–water partition coefficient (Wildman–Crippen LogP) is 4.33. The first-order valence-electron chi connectivity index (χ1n) is 7.98. The molecule has 4 atom stereocenters. The summed E-state index contributed by atoms with van der Waals surface area (Å²) in [4.78, 5) is 0.421. The molecule has 0 radical (unpaired) electrons. The third-order valence-electron chi connectivity index (χ3n) is 6.22. The molecule has 0 aromatic heterocycles. The molecule has 1 aromatic rings. The number of rotatable bonds is 3. The lowest BCUT2D eigenvalue weighted by Gasteiger charge is -2.37. The van der Waals surface area contributed by atoms with Crippen LogP contribution in [-0.4, -0.2) is 14.2 Å². The summed E-state index contributed by atoms with van der Waals surface area (Å²) in [5.41, 5.74) is 0.665. The standard InChI is InChI=1S/C17H21ClO2S/c18-15-3-5-16(6-4-15)21(19,20)11-12-1-2-13-7-8-17(13)10-14(17)9-12/h3-6,12-14H,1-2,7-11H2. The van der Waals surface area contributed by atoms with E-state index < -0.39 is 9.84 Å². The average molecular weight is 325 g/mol. The molecule has 1 aromatic carbocycles. The van der Waals surface area contributed by atoms with Gasteiger partial charge >= 0.3 is 0 Å². The van der Waals surface area contributed by atoms with Crippen molar-refractivity contribution >= 4 is 21.4 Å². The van der Waals surface area contributed by atoms with Gasteiger partial charge in [0.1, 0.15) is 0 Å². The number of benzene rings is 1. The fourth-order valence-corrected chi connectivity index (χ4v) is 6.62. The summed E-state index contributed by atoms with van der Waals surface area (Å²) >= 11 is 5.84. The predicted molar refractivity (Wildman–Crippen MR) is 84.1 cm³/mol. The minimum absolute atomic E-state index is 0.313. The third kappa shape index (κ3) is 2.33. The summed E-state index contributed by atoms with van der Waals surface area (Å²) in [6, 6.07) is 6.60. The van der Waals surface area contributed by atoms with Crippen LogP contribution in [0.15, 0.2) is 29.2 Å². The van der Waals surface area contributed by atoms with E-state index in [1.807, 2.05) is 0 Å². The van der Waals surface area contributed by atoms with Crippen molar-refractivity contribution in [2.24, 2.45) is 23.2 Å². The van der Waals surface area contributed by atoms with Crippen LogP contribution in [0, 0.1) is 23.2 Å². The van der Waals surface area contributed by atoms with Crippen molar-refractivity contribution in [3.05, 3.63) is 29.3 Å². The van der Waals surface area contributed by atoms with Gasteiger partial charge in [-0.3, -0.25) is 0 Å². The van der Waals surface area contributed by atoms with E-state index in [0.29, 0.717) is 27.0 Å². The summed E-state index contributed by atoms with van der Waals surface area (Å²) < 4.78 is 25.2. The fraction of sp³-hybridized carbons (Fsp3) is 0.647. The van der Waals surface area contributed by atoms with Crippen molar-refractivity contribution < 1.29 is 8.42 Å². The van der Waals surface area contributed by atoms with E-state index in [4.69, 9.17) is 11.6 Å². The topological polar surface area (TPSA) is 34.1 Å². The van der Waals surface area contributed by atoms with Crippen molar-refractivity contribution in [1.29, 1.82) is 0 Å². The number of sulfone groups is 1. The lowest BCUT2D eigenvalue weighted by Crippen LogP contribution is -2.28. The van der Waals surface area contributed by atoms with Gasteiger partial charge in [-0.1, -0.05) is 11.6 Å². The summed E-state index contributed by atoms with van der Waals surface area (Å²) in [5, 5.41) is 0.583. The Balaban J connectivity index is 1.49. The van der Waals surface area contributed by atoms with Gasteiger partial charge in [0, 0.05) is 5.02 Å². The van der Waals surface area contributed by atoms with Crippen LogP contribution in [0.25, 0.3) is 0 Å². The van der Waals surface area contributed by atoms with E-state index in [0.717, 1.165) is 24.7 Å². The molecular formula is C17H21ClO2S. The molecule has 0 bridgehead atoms. The van der Waals surface area contributed by atoms with Gasteiger partial charge in [0.25, 0.3) is 0 Å². The van der Waals surface area contributed by atoms with E-state index in [1.54, 1.807) is 24.3 Å². The lowest BCUT2D eigenvalue weighted by molar-refractivity contribution is 0.126. The highest BCUT2D eigenvalue weighted by molar-refractivity contribution is 7.91. The van der Waals surface area contributed by atoms with Gasteiger partial charge in [0.2, 0.25) is 0 Å². The zero-order chi connectivity index (χ0) is 14.7. The Hall–Kier alpha value is -0.540. The SMILES string of the molecule is O=S(=O)(CC1CCC2CCC23CC3C1)c1ccc(Cl)cc1. The van der Waals surface area contributed by atoms with Gasteiger partial charge in [0.15, 0.2) is 9.84 Å². The molecule has 3 saturated carbocycles. The number of halogens is 1. The maximum atomic E-state index is 12.6. The van der Waals surface area contributed by atoms with Crippen molar-refractivity contribution in [1.82, 2.24) is 0 Å². The first kappa shape index (κ1) is 14.1. The van der Waals surface area contributed by atoms with Crippen LogP contribution < -0.4 is 0 Å². The Kier molecular flexibility index (Phi) is 3.17. The third-order valence-corrected chi connectivity index (χ3v) is 8.37. The van der Waals surface area contributed by atoms with Crippen molar-refractivity contribution in [2.75, 3.05) is 5.75 Å². The van der Waals surface area contributed by atoms with Gasteiger partial charge in [0.05, 0.1) is 10.6 Å². The smallest absolute Gasteiger partial charge is 0.178 e. The molecule has 114 valence electrons. The second kappa shape index (κ2) is 4.73. The van der Waals surface area contributed by atoms with E-state index in [1.165, 1.54) is 25.7 Å². The summed E-state index contributed by atoms with van der Waals surface area (Å²) in [6.45, 7) is 0. The summed E-state index contributed by atoms with van der Waals surface area (Å²) in [6.07, 6.45) is 7.62. The molecule has 3 aliphatic rings. The van der Waals surface area contributed by atoms with Gasteiger partial charge < -0.3 is 0 Å². The Morgan fingerprint density at radius 1 is 1.10 bits per heavy atom. The maximum Gasteiger partial charge on any atom is 0.178 e. The number of hydrogen-bond acceptors (Lipinski definition) is 2. The second-order valence-electron chi connectivity index (χ2n) is 7.28. The van der Waals surface area contributed by atoms with Crippen molar-refractivity contribution in [3.63, 3.8) is 0 Å². The van der Waals surface area contributed by atoms with Gasteiger partial charge in [-0.15, -0.1) is 0 Å². The molecular weight excluding hydrogens is 304 g/mol. The highest BCUT2D eigenvalue weighted by Gasteiger charge is 2.64. The molecule has 2 nitrogen and oxygen atoms in total. The molecule has 3 fully saturated rings. The van der Waals surface area contributed by atoms with E-state index in [2.05, 4.69) is 0 Å². The summed E-state index contributed by atoms with van der Waals surface area (Å²) in [7, 11) is -3.17. The van der Waals surface area contributed by atoms with Crippen molar-refractivity contribution in [2.45, 2.75) is 43.4 Å². The monoisotopic (exact) mass is 324 g/mol. The molecule has 0 N–H and O–H groups in total. The average Bonchev–Trinajstić information content (AvgIpc) is 3.14. The molecule has 0 heterocycles. The molecule has 3 aliphatic carbocycles. The zero-order valence-corrected chi connectivity index (χ0v) is 13.7. The molecule has 0 saturated heterocycles. The van der Waals surface area contributed by atoms with Gasteiger partial charge in [-0.25, -0.2) is 8.42 Å². The molecule has 21 heavy (non-hydrogen) atoms. The molecule has 1 spiro atoms. The highest BCUT2D eigenvalue weighted by Crippen LogP contribution is 2.73. The largest absolute Gasteiger partial charge is 0.224 e. The maximum absolute atomic E-state index is 12.6. The Labute approximate surface area is 131 Å². The van der Waals surface area contributed by atoms with E-state index in [9.17, 15) is 8.42 Å². The molecule has 0 aliphatic heterocycles. The van der Waals surface area contributed by atoms with Crippen LogP contribution in [0.5, 0.6) is 0 Å². The van der Waals surface area contributed by atoms with Gasteiger partial charge in [-0.05, 0) is 86.0 Å². The Morgan fingerprint density at radius 3 is 2.52 bits per heavy atom. The number of hydrogen-bond donors (Lipinski definition) is 0. The highest BCUT2D eigenvalue weighted by atomic mass is 35.5. The van der Waals surface area contributed by atoms with Crippen LogP contribution in [0.1, 0.15) is 38.5 Å². The van der Waals surface area contributed by atoms with Crippen molar-refractivity contribution in [3.8, 4) is 0 Å². The summed E-state index contributed by atoms with van der Waals surface area (Å²) in [5.74, 6) is 2.39. The van der Waals surface area contributed by atoms with Crippen LogP contribution >= 0.6 is 11.6 Å². The van der Waals surface area contributed by atoms with Gasteiger partial charge in [-0.2, -0.15) is 0 Å². The fourth-order valence-electron chi connectivity index (χ4n) is 4.83. The van der Waals surface area contributed by atoms with Crippen LogP contribution in [0.4, 0.5) is 0 Å². The molecule has 0 amide bonds. The van der Waals surface area contributed by atoms with E-state index in [-0.39, 0.29) is 0 Å². The Morgan fingerprint density at radius 2 is 1.86 bits per heavy atom. The lowest BCUT2D eigenvalue weighted by atomic mass is 9.68. The second-order valence-corrected chi connectivity index (χ2v) is 9.75. The first-order valence-corrected chi connectivity index (χ1v) is 10.0. The molecule has 4 unspecified atom stereocenters. The first-order chi connectivity index (χ1) is 9.99.